The van der Waals surface area contributed by atoms with Gasteiger partial charge < -0.3 is 16.0 Å². The smallest absolute Gasteiger partial charge is 0.253 e. The van der Waals surface area contributed by atoms with Crippen LogP contribution in [-0.4, -0.2) is 35.8 Å². The predicted octanol–water partition coefficient (Wildman–Crippen LogP) is 1.93. The number of rotatable bonds is 6. The van der Waals surface area contributed by atoms with Crippen molar-refractivity contribution in [3.05, 3.63) is 45.4 Å². The Bertz CT molecular complexity index is 752. The van der Waals surface area contributed by atoms with Crippen LogP contribution < -0.4 is 16.0 Å². The summed E-state index contributed by atoms with van der Waals surface area (Å²) in [5.74, 6) is -1.44. The molecule has 0 atom stereocenters. The molecule has 0 aliphatic carbocycles. The van der Waals surface area contributed by atoms with Gasteiger partial charge >= 0.3 is 0 Å². The number of carbonyl (C=O) groups is 3. The molecule has 1 aromatic heterocycles. The Balaban J connectivity index is 1.74. The van der Waals surface area contributed by atoms with Crippen molar-refractivity contribution in [1.29, 1.82) is 0 Å². The Morgan fingerprint density at radius 2 is 1.83 bits per heavy atom. The normalized spacial score (nSPS) is 10.1. The van der Waals surface area contributed by atoms with Gasteiger partial charge in [0.2, 0.25) is 11.8 Å². The summed E-state index contributed by atoms with van der Waals surface area (Å²) in [4.78, 5) is 39.0. The fourth-order valence-electron chi connectivity index (χ4n) is 1.62. The van der Waals surface area contributed by atoms with Crippen LogP contribution in [0, 0.1) is 0 Å². The van der Waals surface area contributed by atoms with Crippen LogP contribution in [0.5, 0.6) is 0 Å². The second kappa shape index (κ2) is 8.62. The molecule has 0 aliphatic rings. The minimum atomic E-state index is -0.515. The van der Waals surface area contributed by atoms with E-state index in [1.165, 1.54) is 29.5 Å². The van der Waals surface area contributed by atoms with E-state index in [4.69, 9.17) is 23.2 Å². The van der Waals surface area contributed by atoms with Crippen molar-refractivity contribution in [1.82, 2.24) is 15.6 Å². The van der Waals surface area contributed by atoms with Crippen LogP contribution in [0.15, 0.2) is 29.8 Å². The number of hydrogen-bond donors (Lipinski definition) is 3. The summed E-state index contributed by atoms with van der Waals surface area (Å²) in [6, 6.07) is 4.41. The monoisotopic (exact) mass is 386 g/mol. The first-order valence-corrected chi connectivity index (χ1v) is 8.28. The Morgan fingerprint density at radius 3 is 2.50 bits per heavy atom. The molecule has 3 N–H and O–H groups in total. The molecule has 1 aromatic carbocycles. The molecule has 0 spiro atoms. The van der Waals surface area contributed by atoms with Gasteiger partial charge in [0.25, 0.3) is 5.91 Å². The molecule has 24 heavy (non-hydrogen) atoms. The van der Waals surface area contributed by atoms with E-state index >= 15 is 0 Å². The largest absolute Gasteiger partial charge is 0.345 e. The lowest BCUT2D eigenvalue weighted by Gasteiger charge is -2.08. The maximum atomic E-state index is 11.9. The van der Waals surface area contributed by atoms with E-state index in [0.717, 1.165) is 0 Å². The van der Waals surface area contributed by atoms with Crippen LogP contribution in [0.2, 0.25) is 10.0 Å². The molecule has 2 rings (SSSR count). The highest BCUT2D eigenvalue weighted by Gasteiger charge is 2.12. The fraction of sp³-hybridized carbons (Fsp3) is 0.143. The average molecular weight is 387 g/mol. The molecule has 10 heteroatoms. The Hall–Kier alpha value is -2.16. The van der Waals surface area contributed by atoms with Crippen LogP contribution in [0.4, 0.5) is 5.13 Å². The van der Waals surface area contributed by atoms with Gasteiger partial charge in [0.1, 0.15) is 0 Å². The first-order chi connectivity index (χ1) is 11.5. The zero-order valence-electron chi connectivity index (χ0n) is 12.1. The van der Waals surface area contributed by atoms with Gasteiger partial charge in [-0.3, -0.25) is 14.4 Å². The fourth-order valence-corrected chi connectivity index (χ4v) is 2.66. The lowest BCUT2D eigenvalue weighted by molar-refractivity contribution is -0.123. The van der Waals surface area contributed by atoms with Crippen molar-refractivity contribution in [2.75, 3.05) is 18.4 Å². The Labute approximate surface area is 151 Å². The SMILES string of the molecule is O=C(CNC(=O)c1ccc(Cl)cc1Cl)NCC(=O)Nc1nccs1. The van der Waals surface area contributed by atoms with Crippen molar-refractivity contribution >= 4 is 57.4 Å². The quantitative estimate of drug-likeness (QED) is 0.705. The van der Waals surface area contributed by atoms with Gasteiger partial charge in [-0.1, -0.05) is 23.2 Å². The van der Waals surface area contributed by atoms with Gasteiger partial charge in [-0.25, -0.2) is 4.98 Å². The lowest BCUT2D eigenvalue weighted by Crippen LogP contribution is -2.40. The summed E-state index contributed by atoms with van der Waals surface area (Å²) in [7, 11) is 0. The summed E-state index contributed by atoms with van der Waals surface area (Å²) in [5.41, 5.74) is 0.204. The van der Waals surface area contributed by atoms with Crippen molar-refractivity contribution in [3.63, 3.8) is 0 Å². The summed E-state index contributed by atoms with van der Waals surface area (Å²) in [6.07, 6.45) is 1.55. The van der Waals surface area contributed by atoms with Crippen LogP contribution in [0.1, 0.15) is 10.4 Å². The number of carbonyl (C=O) groups excluding carboxylic acids is 3. The molecule has 0 aliphatic heterocycles. The third-order valence-electron chi connectivity index (χ3n) is 2.71. The van der Waals surface area contributed by atoms with E-state index in [9.17, 15) is 14.4 Å². The molecule has 7 nitrogen and oxygen atoms in total. The molecular weight excluding hydrogens is 375 g/mol. The molecule has 126 valence electrons. The zero-order chi connectivity index (χ0) is 17.5. The summed E-state index contributed by atoms with van der Waals surface area (Å²) in [5, 5.41) is 10.1. The van der Waals surface area contributed by atoms with Crippen LogP contribution in [0.3, 0.4) is 0 Å². The lowest BCUT2D eigenvalue weighted by atomic mass is 10.2. The number of aromatic nitrogens is 1. The topological polar surface area (TPSA) is 100 Å². The molecule has 0 radical (unpaired) electrons. The van der Waals surface area contributed by atoms with Gasteiger partial charge in [-0.15, -0.1) is 11.3 Å². The molecule has 0 saturated carbocycles. The van der Waals surface area contributed by atoms with Crippen molar-refractivity contribution in [2.24, 2.45) is 0 Å². The summed E-state index contributed by atoms with van der Waals surface area (Å²) in [6.45, 7) is -0.516. The second-order valence-electron chi connectivity index (χ2n) is 4.47. The Morgan fingerprint density at radius 1 is 1.08 bits per heavy atom. The maximum Gasteiger partial charge on any atom is 0.253 e. The van der Waals surface area contributed by atoms with Gasteiger partial charge in [0, 0.05) is 16.6 Å². The third kappa shape index (κ3) is 5.48. The van der Waals surface area contributed by atoms with Crippen LogP contribution in [-0.2, 0) is 9.59 Å². The number of thiazole rings is 1. The average Bonchev–Trinajstić information content (AvgIpc) is 3.03. The molecule has 0 bridgehead atoms. The number of anilines is 1. The van der Waals surface area contributed by atoms with Crippen LogP contribution in [0.25, 0.3) is 0 Å². The van der Waals surface area contributed by atoms with Crippen LogP contribution >= 0.6 is 34.5 Å². The molecule has 3 amide bonds. The number of hydrogen-bond acceptors (Lipinski definition) is 5. The molecule has 0 unspecified atom stereocenters. The minimum Gasteiger partial charge on any atom is -0.345 e. The predicted molar refractivity (Wildman–Crippen MR) is 92.5 cm³/mol. The highest BCUT2D eigenvalue weighted by atomic mass is 35.5. The van der Waals surface area contributed by atoms with E-state index in [0.29, 0.717) is 10.2 Å². The number of nitrogens with zero attached hydrogens (tertiary/aromatic N) is 1. The second-order valence-corrected chi connectivity index (χ2v) is 6.21. The third-order valence-corrected chi connectivity index (χ3v) is 3.95. The molecule has 1 heterocycles. The molecule has 0 fully saturated rings. The van der Waals surface area contributed by atoms with E-state index in [-0.39, 0.29) is 23.7 Å². The molecular formula is C14H12Cl2N4O3S. The van der Waals surface area contributed by atoms with Crippen molar-refractivity contribution in [2.45, 2.75) is 0 Å². The van der Waals surface area contributed by atoms with Crippen molar-refractivity contribution in [3.8, 4) is 0 Å². The number of halogens is 2. The first kappa shape index (κ1) is 18.2. The van der Waals surface area contributed by atoms with E-state index in [1.807, 2.05) is 0 Å². The van der Waals surface area contributed by atoms with Gasteiger partial charge in [-0.05, 0) is 18.2 Å². The maximum absolute atomic E-state index is 11.9. The Kier molecular flexibility index (Phi) is 6.53. The highest BCUT2D eigenvalue weighted by Crippen LogP contribution is 2.20. The summed E-state index contributed by atoms with van der Waals surface area (Å²) < 4.78 is 0. The van der Waals surface area contributed by atoms with E-state index < -0.39 is 17.7 Å². The zero-order valence-corrected chi connectivity index (χ0v) is 14.5. The molecule has 2 aromatic rings. The molecule has 0 saturated heterocycles. The first-order valence-electron chi connectivity index (χ1n) is 6.65. The standard InChI is InChI=1S/C14H12Cl2N4O3S/c15-8-1-2-9(10(16)5-8)13(23)19-6-11(21)18-7-12(22)20-14-17-3-4-24-14/h1-5H,6-7H2,(H,18,21)(H,19,23)(H,17,20,22). The number of nitrogens with one attached hydrogen (secondary N) is 3. The van der Waals surface area contributed by atoms with E-state index in [1.54, 1.807) is 11.6 Å². The minimum absolute atomic E-state index is 0.184. The highest BCUT2D eigenvalue weighted by molar-refractivity contribution is 7.13. The number of amides is 3. The van der Waals surface area contributed by atoms with E-state index in [2.05, 4.69) is 20.9 Å². The van der Waals surface area contributed by atoms with Gasteiger partial charge in [0.05, 0.1) is 23.7 Å². The number of benzene rings is 1. The summed E-state index contributed by atoms with van der Waals surface area (Å²) >= 11 is 12.9. The van der Waals surface area contributed by atoms with Gasteiger partial charge in [-0.2, -0.15) is 0 Å². The van der Waals surface area contributed by atoms with Gasteiger partial charge in [0.15, 0.2) is 5.13 Å². The van der Waals surface area contributed by atoms with Crippen molar-refractivity contribution < 1.29 is 14.4 Å².